The fourth-order valence-corrected chi connectivity index (χ4v) is 1.71. The van der Waals surface area contributed by atoms with Gasteiger partial charge in [0.1, 0.15) is 0 Å². The van der Waals surface area contributed by atoms with E-state index >= 15 is 0 Å². The molecule has 0 heterocycles. The highest BCUT2D eigenvalue weighted by Gasteiger charge is 2.28. The zero-order chi connectivity index (χ0) is 12.3. The Morgan fingerprint density at radius 2 is 1.67 bits per heavy atom. The molecule has 0 spiro atoms. The lowest BCUT2D eigenvalue weighted by Crippen LogP contribution is -2.42. The lowest BCUT2D eigenvalue weighted by Gasteiger charge is -2.23. The maximum absolute atomic E-state index is 10.7. The summed E-state index contributed by atoms with van der Waals surface area (Å²) in [5.74, 6) is 0.101. The van der Waals surface area contributed by atoms with E-state index in [0.717, 1.165) is 12.8 Å². The van der Waals surface area contributed by atoms with Gasteiger partial charge < -0.3 is 10.4 Å². The van der Waals surface area contributed by atoms with Crippen molar-refractivity contribution in [3.05, 3.63) is 0 Å². The molecule has 1 amide bonds. The van der Waals surface area contributed by atoms with E-state index in [1.807, 2.05) is 13.8 Å². The molecule has 2 N–H and O–H groups in total. The molecule has 1 saturated carbocycles. The van der Waals surface area contributed by atoms with Gasteiger partial charge in [0.15, 0.2) is 0 Å². The molecule has 0 unspecified atom stereocenters. The summed E-state index contributed by atoms with van der Waals surface area (Å²) in [6, 6.07) is 0. The Labute approximate surface area is 92.1 Å². The molecule has 0 aromatic heterocycles. The molecule has 90 valence electrons. The third-order valence-electron chi connectivity index (χ3n) is 2.18. The minimum atomic E-state index is -0.250. The lowest BCUT2D eigenvalue weighted by molar-refractivity contribution is -0.123. The van der Waals surface area contributed by atoms with E-state index in [-0.39, 0.29) is 17.9 Å². The van der Waals surface area contributed by atoms with Crippen molar-refractivity contribution in [2.24, 2.45) is 0 Å². The van der Waals surface area contributed by atoms with Gasteiger partial charge in [-0.25, -0.2) is 0 Å². The highest BCUT2D eigenvalue weighted by Crippen LogP contribution is 2.28. The van der Waals surface area contributed by atoms with Crippen LogP contribution in [0.2, 0.25) is 0 Å². The molecular formula is C11H23NO3. The molecule has 0 aliphatic heterocycles. The maximum Gasteiger partial charge on any atom is 0.290 e. The van der Waals surface area contributed by atoms with Crippen LogP contribution in [0.25, 0.3) is 0 Å². The van der Waals surface area contributed by atoms with Gasteiger partial charge in [0.25, 0.3) is 6.47 Å². The number of amides is 1. The number of carboxylic acid groups (broad SMARTS) is 1. The predicted octanol–water partition coefficient (Wildman–Crippen LogP) is 2.18. The van der Waals surface area contributed by atoms with Gasteiger partial charge >= 0.3 is 0 Å². The molecule has 0 radical (unpaired) electrons. The van der Waals surface area contributed by atoms with Gasteiger partial charge in [-0.05, 0) is 19.8 Å². The maximum atomic E-state index is 10.7. The van der Waals surface area contributed by atoms with Gasteiger partial charge in [0.05, 0.1) is 0 Å². The molecule has 0 saturated heterocycles. The molecule has 1 aliphatic carbocycles. The van der Waals surface area contributed by atoms with Crippen molar-refractivity contribution in [2.45, 2.75) is 58.9 Å². The molecular weight excluding hydrogens is 194 g/mol. The number of hydrogen-bond acceptors (Lipinski definition) is 2. The number of hydrogen-bond donors (Lipinski definition) is 2. The van der Waals surface area contributed by atoms with Crippen LogP contribution in [0.5, 0.6) is 0 Å². The van der Waals surface area contributed by atoms with Gasteiger partial charge in [-0.2, -0.15) is 0 Å². The third-order valence-corrected chi connectivity index (χ3v) is 2.18. The normalized spacial score (nSPS) is 16.3. The zero-order valence-corrected chi connectivity index (χ0v) is 10.2. The highest BCUT2D eigenvalue weighted by molar-refractivity contribution is 5.73. The first kappa shape index (κ1) is 16.4. The van der Waals surface area contributed by atoms with E-state index in [4.69, 9.17) is 9.90 Å². The first-order chi connectivity index (χ1) is 7.04. The molecule has 1 fully saturated rings. The number of carbonyl (C=O) groups is 2. The minimum Gasteiger partial charge on any atom is -0.483 e. The van der Waals surface area contributed by atoms with Crippen molar-refractivity contribution in [3.8, 4) is 0 Å². The van der Waals surface area contributed by atoms with Crippen LogP contribution in [0.15, 0.2) is 0 Å². The van der Waals surface area contributed by atoms with Crippen LogP contribution < -0.4 is 5.32 Å². The summed E-state index contributed by atoms with van der Waals surface area (Å²) in [5.41, 5.74) is 0.117. The third kappa shape index (κ3) is 9.25. The Kier molecular flexibility index (Phi) is 10.4. The second kappa shape index (κ2) is 9.49. The monoisotopic (exact) mass is 217 g/mol. The summed E-state index contributed by atoms with van der Waals surface area (Å²) < 4.78 is 0. The fourth-order valence-electron chi connectivity index (χ4n) is 1.71. The first-order valence-electron chi connectivity index (χ1n) is 5.41. The van der Waals surface area contributed by atoms with E-state index in [9.17, 15) is 4.79 Å². The van der Waals surface area contributed by atoms with Crippen LogP contribution in [0.4, 0.5) is 0 Å². The molecule has 0 aromatic carbocycles. The van der Waals surface area contributed by atoms with Gasteiger partial charge in [-0.3, -0.25) is 9.59 Å². The second-order valence-electron chi connectivity index (χ2n) is 3.55. The van der Waals surface area contributed by atoms with E-state index in [1.165, 1.54) is 12.8 Å². The van der Waals surface area contributed by atoms with E-state index in [1.54, 1.807) is 6.92 Å². The summed E-state index contributed by atoms with van der Waals surface area (Å²) in [7, 11) is 0. The van der Waals surface area contributed by atoms with E-state index in [0.29, 0.717) is 0 Å². The minimum absolute atomic E-state index is 0.101. The predicted molar refractivity (Wildman–Crippen MR) is 60.7 cm³/mol. The molecule has 0 aromatic rings. The van der Waals surface area contributed by atoms with Crippen molar-refractivity contribution in [1.29, 1.82) is 0 Å². The van der Waals surface area contributed by atoms with E-state index < -0.39 is 0 Å². The largest absolute Gasteiger partial charge is 0.483 e. The fraction of sp³-hybridized carbons (Fsp3) is 0.818. The Morgan fingerprint density at radius 1 is 1.33 bits per heavy atom. The van der Waals surface area contributed by atoms with Gasteiger partial charge in [0.2, 0.25) is 5.91 Å². The number of rotatable bonds is 1. The average molecular weight is 217 g/mol. The molecule has 0 bridgehead atoms. The van der Waals surface area contributed by atoms with Crippen molar-refractivity contribution in [2.75, 3.05) is 0 Å². The van der Waals surface area contributed by atoms with Gasteiger partial charge in [-0.15, -0.1) is 0 Å². The topological polar surface area (TPSA) is 66.4 Å². The quantitative estimate of drug-likeness (QED) is 0.661. The zero-order valence-electron chi connectivity index (χ0n) is 10.2. The molecule has 4 nitrogen and oxygen atoms in total. The van der Waals surface area contributed by atoms with Crippen LogP contribution in [0, 0.1) is 0 Å². The van der Waals surface area contributed by atoms with Gasteiger partial charge in [-0.1, -0.05) is 26.7 Å². The Hall–Kier alpha value is -1.06. The van der Waals surface area contributed by atoms with Crippen molar-refractivity contribution < 1.29 is 14.7 Å². The summed E-state index contributed by atoms with van der Waals surface area (Å²) in [5, 5.41) is 9.87. The van der Waals surface area contributed by atoms with Crippen LogP contribution >= 0.6 is 0 Å². The summed E-state index contributed by atoms with van der Waals surface area (Å²) in [6.45, 7) is 7.46. The summed E-state index contributed by atoms with van der Waals surface area (Å²) >= 11 is 0. The Morgan fingerprint density at radius 3 is 1.93 bits per heavy atom. The van der Waals surface area contributed by atoms with Crippen LogP contribution in [0.3, 0.4) is 0 Å². The van der Waals surface area contributed by atoms with Crippen LogP contribution in [-0.4, -0.2) is 23.0 Å². The smallest absolute Gasteiger partial charge is 0.290 e. The van der Waals surface area contributed by atoms with Crippen LogP contribution in [-0.2, 0) is 9.59 Å². The second-order valence-corrected chi connectivity index (χ2v) is 3.55. The van der Waals surface area contributed by atoms with E-state index in [2.05, 4.69) is 12.2 Å². The van der Waals surface area contributed by atoms with Crippen LogP contribution in [0.1, 0.15) is 53.4 Å². The number of carbonyl (C=O) groups excluding carboxylic acids is 1. The Bertz CT molecular complexity index is 175. The highest BCUT2D eigenvalue weighted by atomic mass is 16.3. The SMILES string of the molecule is CC.CC(=O)NC1(C)CCCC1.O=CO. The first-order valence-corrected chi connectivity index (χ1v) is 5.41. The standard InChI is InChI=1S/C8H15NO.C2H6.CH2O2/c1-7(10)9-8(2)5-3-4-6-8;1-2;2-1-3/h3-6H2,1-2H3,(H,9,10);1-2H3;1H,(H,2,3). The van der Waals surface area contributed by atoms with Crippen molar-refractivity contribution in [1.82, 2.24) is 5.32 Å². The summed E-state index contributed by atoms with van der Waals surface area (Å²) in [6.07, 6.45) is 4.81. The molecule has 0 atom stereocenters. The Balaban J connectivity index is 0. The van der Waals surface area contributed by atoms with Crippen molar-refractivity contribution >= 4 is 12.4 Å². The van der Waals surface area contributed by atoms with Gasteiger partial charge in [0, 0.05) is 12.5 Å². The molecule has 4 heteroatoms. The molecule has 1 aliphatic rings. The number of nitrogens with one attached hydrogen (secondary N) is 1. The summed E-state index contributed by atoms with van der Waals surface area (Å²) in [4.78, 5) is 19.1. The lowest BCUT2D eigenvalue weighted by atomic mass is 10.0. The molecule has 15 heavy (non-hydrogen) atoms. The average Bonchev–Trinajstić information content (AvgIpc) is 2.55. The molecule has 1 rings (SSSR count). The van der Waals surface area contributed by atoms with Crippen molar-refractivity contribution in [3.63, 3.8) is 0 Å².